The molecule has 0 spiro atoms. The molecule has 0 saturated heterocycles. The number of imidazole rings is 1. The number of rotatable bonds is 2. The minimum absolute atomic E-state index is 0.0121. The summed E-state index contributed by atoms with van der Waals surface area (Å²) in [6, 6.07) is 1.93. The number of hydrogen-bond donors (Lipinski definition) is 2. The molecule has 2 heterocycles. The molecule has 0 aromatic carbocycles. The minimum Gasteiger partial charge on any atom is -0.398 e. The van der Waals surface area contributed by atoms with Gasteiger partial charge < -0.3 is 10.7 Å². The van der Waals surface area contributed by atoms with Crippen LogP contribution in [-0.4, -0.2) is 15.0 Å². The Morgan fingerprint density at radius 1 is 1.30 bits per heavy atom. The Morgan fingerprint density at radius 2 is 2.00 bits per heavy atom. The lowest BCUT2D eigenvalue weighted by atomic mass is 9.91. The molecule has 0 radical (unpaired) electrons. The standard InChI is InChI=1S/C16H22N4/c1-6-7-13-10(2)19-15(20-13)11-9-18-14(8-12(11)17)16(3,4)5/h6-9H,1-5H3,(H2,17,18)(H,19,20). The summed E-state index contributed by atoms with van der Waals surface area (Å²) in [5.74, 6) is 0.765. The van der Waals surface area contributed by atoms with Crippen molar-refractivity contribution in [3.8, 4) is 11.4 Å². The number of aromatic amines is 1. The predicted octanol–water partition coefficient (Wildman–Crippen LogP) is 3.69. The van der Waals surface area contributed by atoms with E-state index in [0.29, 0.717) is 5.69 Å². The molecule has 2 aromatic heterocycles. The van der Waals surface area contributed by atoms with Crippen LogP contribution >= 0.6 is 0 Å². The van der Waals surface area contributed by atoms with Crippen molar-refractivity contribution in [2.24, 2.45) is 0 Å². The van der Waals surface area contributed by atoms with Crippen LogP contribution in [0.15, 0.2) is 18.3 Å². The molecule has 0 aliphatic carbocycles. The first-order valence-electron chi connectivity index (χ1n) is 6.78. The zero-order valence-electron chi connectivity index (χ0n) is 12.8. The Hall–Kier alpha value is -2.10. The molecule has 0 fully saturated rings. The molecule has 2 aromatic rings. The van der Waals surface area contributed by atoms with Crippen molar-refractivity contribution >= 4 is 11.8 Å². The number of pyridine rings is 1. The van der Waals surface area contributed by atoms with Gasteiger partial charge in [0.15, 0.2) is 0 Å². The minimum atomic E-state index is -0.0121. The molecule has 0 aliphatic rings. The summed E-state index contributed by atoms with van der Waals surface area (Å²) in [6.45, 7) is 10.3. The van der Waals surface area contributed by atoms with Gasteiger partial charge in [0.1, 0.15) is 5.82 Å². The monoisotopic (exact) mass is 270 g/mol. The summed E-state index contributed by atoms with van der Waals surface area (Å²) in [5, 5.41) is 0. The average Bonchev–Trinajstić information content (AvgIpc) is 2.70. The van der Waals surface area contributed by atoms with E-state index >= 15 is 0 Å². The van der Waals surface area contributed by atoms with Gasteiger partial charge in [-0.3, -0.25) is 4.98 Å². The fourth-order valence-corrected chi connectivity index (χ4v) is 2.00. The van der Waals surface area contributed by atoms with Gasteiger partial charge in [0.05, 0.1) is 11.3 Å². The summed E-state index contributed by atoms with van der Waals surface area (Å²) in [7, 11) is 0. The zero-order valence-corrected chi connectivity index (χ0v) is 12.8. The molecule has 2 rings (SSSR count). The quantitative estimate of drug-likeness (QED) is 0.874. The lowest BCUT2D eigenvalue weighted by Gasteiger charge is -2.18. The highest BCUT2D eigenvalue weighted by atomic mass is 14.9. The second-order valence-electron chi connectivity index (χ2n) is 6.00. The van der Waals surface area contributed by atoms with E-state index in [0.717, 1.165) is 28.5 Å². The maximum absolute atomic E-state index is 6.17. The second kappa shape index (κ2) is 5.12. The SMILES string of the molecule is CC=Cc1nc(-c2cnc(C(C)(C)C)cc2N)[nH]c1C. The summed E-state index contributed by atoms with van der Waals surface area (Å²) < 4.78 is 0. The van der Waals surface area contributed by atoms with Crippen LogP contribution in [-0.2, 0) is 5.41 Å². The molecule has 106 valence electrons. The number of nitrogens with one attached hydrogen (secondary N) is 1. The van der Waals surface area contributed by atoms with E-state index in [2.05, 4.69) is 35.7 Å². The second-order valence-corrected chi connectivity index (χ2v) is 6.00. The first kappa shape index (κ1) is 14.3. The third-order valence-corrected chi connectivity index (χ3v) is 3.21. The van der Waals surface area contributed by atoms with E-state index in [1.54, 1.807) is 6.20 Å². The summed E-state index contributed by atoms with van der Waals surface area (Å²) >= 11 is 0. The van der Waals surface area contributed by atoms with E-state index in [-0.39, 0.29) is 5.41 Å². The van der Waals surface area contributed by atoms with Crippen LogP contribution in [0.5, 0.6) is 0 Å². The Bertz CT molecular complexity index is 645. The highest BCUT2D eigenvalue weighted by Gasteiger charge is 2.18. The first-order chi connectivity index (χ1) is 9.32. The number of allylic oxidation sites excluding steroid dienone is 1. The van der Waals surface area contributed by atoms with Gasteiger partial charge >= 0.3 is 0 Å². The van der Waals surface area contributed by atoms with Crippen molar-refractivity contribution in [2.75, 3.05) is 5.73 Å². The number of nitrogen functional groups attached to an aromatic ring is 1. The molecule has 0 amide bonds. The number of aryl methyl sites for hydroxylation is 1. The van der Waals surface area contributed by atoms with Crippen LogP contribution in [0.1, 0.15) is 44.8 Å². The highest BCUT2D eigenvalue weighted by Crippen LogP contribution is 2.28. The molecule has 3 N–H and O–H groups in total. The molecule has 0 atom stereocenters. The smallest absolute Gasteiger partial charge is 0.141 e. The molecular weight excluding hydrogens is 248 g/mol. The van der Waals surface area contributed by atoms with Gasteiger partial charge in [0.2, 0.25) is 0 Å². The molecule has 20 heavy (non-hydrogen) atoms. The first-order valence-corrected chi connectivity index (χ1v) is 6.78. The fourth-order valence-electron chi connectivity index (χ4n) is 2.00. The van der Waals surface area contributed by atoms with Gasteiger partial charge in [-0.2, -0.15) is 0 Å². The lowest BCUT2D eigenvalue weighted by Crippen LogP contribution is -2.14. The van der Waals surface area contributed by atoms with Crippen molar-refractivity contribution in [3.05, 3.63) is 35.4 Å². The molecule has 0 unspecified atom stereocenters. The lowest BCUT2D eigenvalue weighted by molar-refractivity contribution is 0.569. The Kier molecular flexibility index (Phi) is 3.66. The van der Waals surface area contributed by atoms with Crippen LogP contribution in [0.2, 0.25) is 0 Å². The van der Waals surface area contributed by atoms with Gasteiger partial charge in [-0.25, -0.2) is 4.98 Å². The van der Waals surface area contributed by atoms with Crippen LogP contribution < -0.4 is 5.73 Å². The summed E-state index contributed by atoms with van der Waals surface area (Å²) in [6.07, 6.45) is 5.74. The van der Waals surface area contributed by atoms with Crippen molar-refractivity contribution < 1.29 is 0 Å². The van der Waals surface area contributed by atoms with Crippen LogP contribution in [0.4, 0.5) is 5.69 Å². The van der Waals surface area contributed by atoms with Crippen molar-refractivity contribution in [1.29, 1.82) is 0 Å². The van der Waals surface area contributed by atoms with E-state index in [9.17, 15) is 0 Å². The van der Waals surface area contributed by atoms with E-state index in [1.807, 2.05) is 32.1 Å². The predicted molar refractivity (Wildman–Crippen MR) is 84.4 cm³/mol. The maximum atomic E-state index is 6.17. The Balaban J connectivity index is 2.46. The van der Waals surface area contributed by atoms with Crippen LogP contribution in [0.25, 0.3) is 17.5 Å². The molecule has 0 saturated carbocycles. The number of anilines is 1. The number of nitrogens with two attached hydrogens (primary N) is 1. The maximum Gasteiger partial charge on any atom is 0.141 e. The topological polar surface area (TPSA) is 67.6 Å². The van der Waals surface area contributed by atoms with Crippen LogP contribution in [0, 0.1) is 6.92 Å². The molecule has 0 bridgehead atoms. The number of hydrogen-bond acceptors (Lipinski definition) is 3. The van der Waals surface area contributed by atoms with Gasteiger partial charge in [0.25, 0.3) is 0 Å². The molecular formula is C16H22N4. The Labute approximate surface area is 120 Å². The van der Waals surface area contributed by atoms with Gasteiger partial charge in [-0.05, 0) is 26.0 Å². The summed E-state index contributed by atoms with van der Waals surface area (Å²) in [4.78, 5) is 12.3. The number of nitrogens with zero attached hydrogens (tertiary/aromatic N) is 2. The van der Waals surface area contributed by atoms with Crippen molar-refractivity contribution in [1.82, 2.24) is 15.0 Å². The van der Waals surface area contributed by atoms with Crippen molar-refractivity contribution in [3.63, 3.8) is 0 Å². The van der Waals surface area contributed by atoms with Gasteiger partial charge in [0, 0.05) is 28.7 Å². The Morgan fingerprint density at radius 3 is 2.55 bits per heavy atom. The largest absolute Gasteiger partial charge is 0.398 e. The number of aromatic nitrogens is 3. The number of H-pyrrole nitrogens is 1. The van der Waals surface area contributed by atoms with E-state index < -0.39 is 0 Å². The summed E-state index contributed by atoms with van der Waals surface area (Å²) in [5.41, 5.74) is 10.6. The van der Waals surface area contributed by atoms with Gasteiger partial charge in [-0.1, -0.05) is 26.8 Å². The average molecular weight is 270 g/mol. The molecule has 4 heteroatoms. The third kappa shape index (κ3) is 2.74. The van der Waals surface area contributed by atoms with Gasteiger partial charge in [-0.15, -0.1) is 0 Å². The third-order valence-electron chi connectivity index (χ3n) is 3.21. The van der Waals surface area contributed by atoms with E-state index in [1.165, 1.54) is 0 Å². The normalized spacial score (nSPS) is 12.2. The molecule has 0 aliphatic heterocycles. The van der Waals surface area contributed by atoms with Crippen molar-refractivity contribution in [2.45, 2.75) is 40.0 Å². The fraction of sp³-hybridized carbons (Fsp3) is 0.375. The van der Waals surface area contributed by atoms with E-state index in [4.69, 9.17) is 5.73 Å². The zero-order chi connectivity index (χ0) is 14.9. The van der Waals surface area contributed by atoms with Crippen LogP contribution in [0.3, 0.4) is 0 Å². The highest BCUT2D eigenvalue weighted by molar-refractivity contribution is 5.72. The molecule has 4 nitrogen and oxygen atoms in total.